The molecule has 0 aliphatic carbocycles. The third-order valence-electron chi connectivity index (χ3n) is 4.09. The van der Waals surface area contributed by atoms with Crippen molar-refractivity contribution >= 4 is 11.8 Å². The largest absolute Gasteiger partial charge is 0.497 e. The van der Waals surface area contributed by atoms with Crippen LogP contribution in [-0.4, -0.2) is 35.0 Å². The fraction of sp³-hybridized carbons (Fsp3) is 0.278. The molecular weight excluding hydrogens is 324 g/mol. The summed E-state index contributed by atoms with van der Waals surface area (Å²) in [6.45, 7) is 4.60. The topological polar surface area (TPSA) is 54.8 Å². The van der Waals surface area contributed by atoms with Crippen LogP contribution in [0.25, 0.3) is 0 Å². The molecule has 1 saturated heterocycles. The van der Waals surface area contributed by atoms with Crippen molar-refractivity contribution in [1.29, 1.82) is 0 Å². The third kappa shape index (κ3) is 2.95. The number of ether oxygens (including phenoxy) is 2. The Hall–Kier alpha value is -2.18. The normalized spacial score (nSPS) is 20.3. The number of pyridine rings is 1. The maximum atomic E-state index is 11.5. The zero-order valence-electron chi connectivity index (χ0n) is 13.7. The van der Waals surface area contributed by atoms with Crippen LogP contribution in [-0.2, 0) is 12.3 Å². The Bertz CT molecular complexity index is 738. The minimum atomic E-state index is -1.22. The molecule has 3 rings (SSSR count). The molecule has 1 aliphatic heterocycles. The lowest BCUT2D eigenvalue weighted by Gasteiger charge is -2.36. The average molecular weight is 344 g/mol. The van der Waals surface area contributed by atoms with E-state index in [-0.39, 0.29) is 0 Å². The van der Waals surface area contributed by atoms with E-state index in [9.17, 15) is 5.11 Å². The standard InChI is InChI=1S/C18H20N2O3S/c1-13-20(11-14-5-4-8-19-10-14)18(21,12-24-13)16-9-15(22-2)6-7-17(16)23-3/h4-10,21H,1,11-12H2,2-3H3. The molecule has 0 amide bonds. The summed E-state index contributed by atoms with van der Waals surface area (Å²) in [6.07, 6.45) is 3.52. The average Bonchev–Trinajstić information content (AvgIpc) is 2.91. The van der Waals surface area contributed by atoms with Crippen molar-refractivity contribution in [2.45, 2.75) is 12.3 Å². The van der Waals surface area contributed by atoms with E-state index in [0.717, 1.165) is 10.6 Å². The summed E-state index contributed by atoms with van der Waals surface area (Å²) < 4.78 is 10.8. The van der Waals surface area contributed by atoms with E-state index in [1.54, 1.807) is 32.7 Å². The fourth-order valence-electron chi connectivity index (χ4n) is 2.79. The Labute approximate surface area is 145 Å². The van der Waals surface area contributed by atoms with Gasteiger partial charge in [0.25, 0.3) is 0 Å². The van der Waals surface area contributed by atoms with E-state index in [2.05, 4.69) is 11.6 Å². The summed E-state index contributed by atoms with van der Waals surface area (Å²) in [5.41, 5.74) is 0.443. The predicted molar refractivity (Wildman–Crippen MR) is 94.8 cm³/mol. The lowest BCUT2D eigenvalue weighted by molar-refractivity contribution is -0.0697. The SMILES string of the molecule is C=C1SCC(O)(c2cc(OC)ccc2OC)N1Cc1cccnc1. The molecule has 1 atom stereocenters. The Kier molecular flexibility index (Phi) is 4.69. The van der Waals surface area contributed by atoms with E-state index in [1.165, 1.54) is 11.8 Å². The van der Waals surface area contributed by atoms with Crippen molar-refractivity contribution in [3.63, 3.8) is 0 Å². The highest BCUT2D eigenvalue weighted by atomic mass is 32.2. The summed E-state index contributed by atoms with van der Waals surface area (Å²) >= 11 is 1.52. The van der Waals surface area contributed by atoms with E-state index in [0.29, 0.717) is 29.4 Å². The fourth-order valence-corrected chi connectivity index (χ4v) is 3.84. The number of rotatable bonds is 5. The molecule has 1 unspecified atom stereocenters. The van der Waals surface area contributed by atoms with Crippen LogP contribution in [0.2, 0.25) is 0 Å². The molecule has 5 nitrogen and oxygen atoms in total. The second kappa shape index (κ2) is 6.75. The van der Waals surface area contributed by atoms with Crippen LogP contribution >= 0.6 is 11.8 Å². The molecule has 1 aliphatic rings. The molecular formula is C18H20N2O3S. The number of aliphatic hydroxyl groups is 1. The van der Waals surface area contributed by atoms with Gasteiger partial charge >= 0.3 is 0 Å². The second-order valence-electron chi connectivity index (χ2n) is 5.51. The summed E-state index contributed by atoms with van der Waals surface area (Å²) in [7, 11) is 3.20. The molecule has 1 aromatic heterocycles. The Morgan fingerprint density at radius 3 is 2.83 bits per heavy atom. The highest BCUT2D eigenvalue weighted by Crippen LogP contribution is 2.47. The third-order valence-corrected chi connectivity index (χ3v) is 5.19. The van der Waals surface area contributed by atoms with Gasteiger partial charge < -0.3 is 19.5 Å². The first-order valence-corrected chi connectivity index (χ1v) is 8.50. The van der Waals surface area contributed by atoms with Crippen LogP contribution in [0.15, 0.2) is 54.3 Å². The zero-order valence-corrected chi connectivity index (χ0v) is 14.5. The first-order chi connectivity index (χ1) is 11.6. The molecule has 1 aromatic carbocycles. The van der Waals surface area contributed by atoms with Crippen molar-refractivity contribution in [3.8, 4) is 11.5 Å². The van der Waals surface area contributed by atoms with Gasteiger partial charge in [0.05, 0.1) is 30.6 Å². The molecule has 0 radical (unpaired) electrons. The van der Waals surface area contributed by atoms with Crippen molar-refractivity contribution in [3.05, 3.63) is 65.5 Å². The highest BCUT2D eigenvalue weighted by Gasteiger charge is 2.45. The van der Waals surface area contributed by atoms with Crippen LogP contribution < -0.4 is 9.47 Å². The van der Waals surface area contributed by atoms with Crippen LogP contribution in [0.1, 0.15) is 11.1 Å². The predicted octanol–water partition coefficient (Wildman–Crippen LogP) is 2.96. The van der Waals surface area contributed by atoms with Gasteiger partial charge in [-0.15, -0.1) is 11.8 Å². The molecule has 126 valence electrons. The lowest BCUT2D eigenvalue weighted by Crippen LogP contribution is -2.42. The van der Waals surface area contributed by atoms with Gasteiger partial charge in [-0.3, -0.25) is 4.98 Å². The van der Waals surface area contributed by atoms with Crippen LogP contribution in [0.5, 0.6) is 11.5 Å². The van der Waals surface area contributed by atoms with E-state index < -0.39 is 5.72 Å². The van der Waals surface area contributed by atoms with E-state index >= 15 is 0 Å². The van der Waals surface area contributed by atoms with E-state index in [4.69, 9.17) is 9.47 Å². The van der Waals surface area contributed by atoms with Gasteiger partial charge in [0, 0.05) is 18.9 Å². The quantitative estimate of drug-likeness (QED) is 0.900. The highest BCUT2D eigenvalue weighted by molar-refractivity contribution is 8.03. The number of hydrogen-bond acceptors (Lipinski definition) is 6. The van der Waals surface area contributed by atoms with Gasteiger partial charge in [-0.25, -0.2) is 0 Å². The molecule has 24 heavy (non-hydrogen) atoms. The lowest BCUT2D eigenvalue weighted by atomic mass is 10.0. The zero-order chi connectivity index (χ0) is 17.2. The number of hydrogen-bond donors (Lipinski definition) is 1. The number of aromatic nitrogens is 1. The molecule has 0 saturated carbocycles. The number of benzene rings is 1. The molecule has 2 aromatic rings. The van der Waals surface area contributed by atoms with Crippen LogP contribution in [0.4, 0.5) is 0 Å². The molecule has 1 fully saturated rings. The van der Waals surface area contributed by atoms with Gasteiger partial charge in [0.1, 0.15) is 11.5 Å². The number of methoxy groups -OCH3 is 2. The molecule has 0 bridgehead atoms. The maximum Gasteiger partial charge on any atom is 0.178 e. The van der Waals surface area contributed by atoms with Gasteiger partial charge in [0.15, 0.2) is 5.72 Å². The Morgan fingerprint density at radius 1 is 1.33 bits per heavy atom. The van der Waals surface area contributed by atoms with Gasteiger partial charge in [-0.1, -0.05) is 12.6 Å². The van der Waals surface area contributed by atoms with Gasteiger partial charge in [-0.2, -0.15) is 0 Å². The summed E-state index contributed by atoms with van der Waals surface area (Å²) in [4.78, 5) is 6.02. The number of thioether (sulfide) groups is 1. The minimum absolute atomic E-state index is 0.468. The smallest absolute Gasteiger partial charge is 0.178 e. The molecule has 1 N–H and O–H groups in total. The Balaban J connectivity index is 2.02. The summed E-state index contributed by atoms with van der Waals surface area (Å²) in [6, 6.07) is 9.29. The van der Waals surface area contributed by atoms with Crippen LogP contribution in [0.3, 0.4) is 0 Å². The molecule has 2 heterocycles. The first-order valence-electron chi connectivity index (χ1n) is 7.51. The molecule has 6 heteroatoms. The molecule has 0 spiro atoms. The second-order valence-corrected chi connectivity index (χ2v) is 6.56. The maximum absolute atomic E-state index is 11.5. The summed E-state index contributed by atoms with van der Waals surface area (Å²) in [5, 5.41) is 12.3. The van der Waals surface area contributed by atoms with Gasteiger partial charge in [0.2, 0.25) is 0 Å². The van der Waals surface area contributed by atoms with Crippen molar-refractivity contribution in [2.75, 3.05) is 20.0 Å². The summed E-state index contributed by atoms with van der Waals surface area (Å²) in [5.74, 6) is 1.75. The van der Waals surface area contributed by atoms with Gasteiger partial charge in [-0.05, 0) is 29.8 Å². The first kappa shape index (κ1) is 16.7. The van der Waals surface area contributed by atoms with Crippen molar-refractivity contribution < 1.29 is 14.6 Å². The van der Waals surface area contributed by atoms with Crippen molar-refractivity contribution in [2.24, 2.45) is 0 Å². The Morgan fingerprint density at radius 2 is 2.17 bits per heavy atom. The van der Waals surface area contributed by atoms with E-state index in [1.807, 2.05) is 29.2 Å². The number of nitrogens with zero attached hydrogens (tertiary/aromatic N) is 2. The van der Waals surface area contributed by atoms with Crippen LogP contribution in [0, 0.1) is 0 Å². The monoisotopic (exact) mass is 344 g/mol. The van der Waals surface area contributed by atoms with Crippen molar-refractivity contribution in [1.82, 2.24) is 9.88 Å². The minimum Gasteiger partial charge on any atom is -0.497 e.